The van der Waals surface area contributed by atoms with E-state index in [1.807, 2.05) is 0 Å². The molecule has 0 bridgehead atoms. The van der Waals surface area contributed by atoms with Gasteiger partial charge in [0.1, 0.15) is 0 Å². The molecule has 0 fully saturated rings. The zero-order chi connectivity index (χ0) is 7.40. The SMILES string of the molecule is CCCCC1=CC[C]([Ti+3])=C1.[Cl-].[Cl-].[Cl-]. The first-order valence-electron chi connectivity index (χ1n) is 3.94. The van der Waals surface area contributed by atoms with Gasteiger partial charge in [-0.15, -0.1) is 0 Å². The predicted molar refractivity (Wildman–Crippen MR) is 40.3 cm³/mol. The number of halogens is 3. The van der Waals surface area contributed by atoms with Gasteiger partial charge in [-0.2, -0.15) is 0 Å². The Bertz CT molecular complexity index is 176. The van der Waals surface area contributed by atoms with Crippen molar-refractivity contribution in [1.82, 2.24) is 0 Å². The van der Waals surface area contributed by atoms with E-state index in [0.717, 1.165) is 0 Å². The van der Waals surface area contributed by atoms with E-state index >= 15 is 0 Å². The summed E-state index contributed by atoms with van der Waals surface area (Å²) in [6.45, 7) is 2.24. The summed E-state index contributed by atoms with van der Waals surface area (Å²) in [6.07, 6.45) is 9.81. The van der Waals surface area contributed by atoms with E-state index in [2.05, 4.69) is 39.5 Å². The minimum atomic E-state index is 0. The molecule has 1 aliphatic carbocycles. The molecule has 0 aromatic rings. The Balaban J connectivity index is -0.000000333. The van der Waals surface area contributed by atoms with Crippen LogP contribution in [0.25, 0.3) is 0 Å². The molecule has 1 aliphatic rings. The molecular formula is C9H13Cl3Ti. The Kier molecular flexibility index (Phi) is 16.8. The van der Waals surface area contributed by atoms with E-state index in [-0.39, 0.29) is 37.2 Å². The second-order valence-corrected chi connectivity index (χ2v) is 3.76. The number of hydrogen-bond donors (Lipinski definition) is 0. The maximum Gasteiger partial charge on any atom is -1.00 e. The van der Waals surface area contributed by atoms with Crippen LogP contribution >= 0.6 is 0 Å². The third kappa shape index (κ3) is 8.09. The average Bonchev–Trinajstić information content (AvgIpc) is 2.31. The largest absolute Gasteiger partial charge is 1.00 e. The Morgan fingerprint density at radius 3 is 2.31 bits per heavy atom. The first-order chi connectivity index (χ1) is 4.83. The number of hydrogen-bond acceptors (Lipinski definition) is 0. The van der Waals surface area contributed by atoms with Gasteiger partial charge in [0.2, 0.25) is 0 Å². The Hall–Kier alpha value is 1.06. The summed E-state index contributed by atoms with van der Waals surface area (Å²) in [7, 11) is 0. The Labute approximate surface area is 111 Å². The third-order valence-electron chi connectivity index (χ3n) is 1.76. The topological polar surface area (TPSA) is 0 Å². The van der Waals surface area contributed by atoms with Crippen LogP contribution in [0.15, 0.2) is 21.6 Å². The zero-order valence-corrected chi connectivity index (χ0v) is 11.4. The molecule has 4 heteroatoms. The van der Waals surface area contributed by atoms with Crippen molar-refractivity contribution in [3.05, 3.63) is 21.6 Å². The van der Waals surface area contributed by atoms with Crippen LogP contribution in [0.1, 0.15) is 32.6 Å². The molecule has 13 heavy (non-hydrogen) atoms. The van der Waals surface area contributed by atoms with Crippen molar-refractivity contribution < 1.29 is 57.7 Å². The summed E-state index contributed by atoms with van der Waals surface area (Å²) < 4.78 is 1.52. The van der Waals surface area contributed by atoms with Crippen molar-refractivity contribution in [3.63, 3.8) is 0 Å². The molecule has 0 saturated carbocycles. The average molecular weight is 275 g/mol. The van der Waals surface area contributed by atoms with Crippen molar-refractivity contribution in [2.45, 2.75) is 32.6 Å². The quantitative estimate of drug-likeness (QED) is 0.450. The van der Waals surface area contributed by atoms with Gasteiger partial charge in [-0.1, -0.05) is 0 Å². The first kappa shape index (κ1) is 19.6. The van der Waals surface area contributed by atoms with E-state index in [9.17, 15) is 0 Å². The van der Waals surface area contributed by atoms with Crippen LogP contribution < -0.4 is 37.2 Å². The van der Waals surface area contributed by atoms with Gasteiger partial charge in [-0.05, 0) is 0 Å². The third-order valence-corrected chi connectivity index (χ3v) is 2.31. The molecule has 74 valence electrons. The molecule has 0 aromatic heterocycles. The Morgan fingerprint density at radius 2 is 1.92 bits per heavy atom. The van der Waals surface area contributed by atoms with Crippen molar-refractivity contribution in [3.8, 4) is 0 Å². The minimum Gasteiger partial charge on any atom is -1.00 e. The second kappa shape index (κ2) is 11.1. The Morgan fingerprint density at radius 1 is 1.31 bits per heavy atom. The molecule has 0 nitrogen and oxygen atoms in total. The number of allylic oxidation sites excluding steroid dienone is 4. The van der Waals surface area contributed by atoms with Crippen LogP contribution in [-0.4, -0.2) is 0 Å². The standard InChI is InChI=1S/C9H13.3ClH.Ti/c1-2-3-6-9-7-4-5-8-9;;;;/h7-8H,2-4,6H2,1H3;3*1H;/q;;;;+3/p-3. The molecule has 0 saturated heterocycles. The van der Waals surface area contributed by atoms with E-state index in [1.165, 1.54) is 29.6 Å². The molecular weight excluding hydrogens is 262 g/mol. The smallest absolute Gasteiger partial charge is 1.00 e. The van der Waals surface area contributed by atoms with Crippen LogP contribution in [0.4, 0.5) is 0 Å². The number of unbranched alkanes of at least 4 members (excludes halogenated alkanes) is 1. The van der Waals surface area contributed by atoms with Crippen LogP contribution in [0.3, 0.4) is 0 Å². The van der Waals surface area contributed by atoms with Crippen molar-refractivity contribution in [2.75, 3.05) is 0 Å². The summed E-state index contributed by atoms with van der Waals surface area (Å²) in [4.78, 5) is 0. The fourth-order valence-electron chi connectivity index (χ4n) is 1.14. The predicted octanol–water partition coefficient (Wildman–Crippen LogP) is -6.05. The van der Waals surface area contributed by atoms with Crippen LogP contribution in [0.5, 0.6) is 0 Å². The maximum absolute atomic E-state index is 2.35. The van der Waals surface area contributed by atoms with Gasteiger partial charge in [0, 0.05) is 0 Å². The number of rotatable bonds is 3. The molecule has 0 amide bonds. The summed E-state index contributed by atoms with van der Waals surface area (Å²) in [5.74, 6) is 0. The summed E-state index contributed by atoms with van der Waals surface area (Å²) in [5.41, 5.74) is 1.55. The second-order valence-electron chi connectivity index (χ2n) is 2.76. The monoisotopic (exact) mass is 274 g/mol. The summed E-state index contributed by atoms with van der Waals surface area (Å²) in [6, 6.07) is 0. The van der Waals surface area contributed by atoms with Gasteiger partial charge in [-0.25, -0.2) is 0 Å². The fraction of sp³-hybridized carbons (Fsp3) is 0.556. The molecule has 0 unspecified atom stereocenters. The molecule has 0 N–H and O–H groups in total. The molecule has 0 spiro atoms. The molecule has 1 rings (SSSR count). The maximum atomic E-state index is 2.35. The molecule has 0 radical (unpaired) electrons. The van der Waals surface area contributed by atoms with Gasteiger partial charge in [-0.3, -0.25) is 0 Å². The fourth-order valence-corrected chi connectivity index (χ4v) is 1.59. The molecule has 0 aromatic carbocycles. The van der Waals surface area contributed by atoms with Crippen LogP contribution in [0, 0.1) is 0 Å². The van der Waals surface area contributed by atoms with E-state index < -0.39 is 0 Å². The van der Waals surface area contributed by atoms with Crippen molar-refractivity contribution in [1.29, 1.82) is 0 Å². The first-order valence-corrected chi connectivity index (χ1v) is 4.72. The minimum absolute atomic E-state index is 0. The normalized spacial score (nSPS) is 13.2. The van der Waals surface area contributed by atoms with Gasteiger partial charge >= 0.3 is 74.6 Å². The van der Waals surface area contributed by atoms with Crippen LogP contribution in [-0.2, 0) is 20.4 Å². The van der Waals surface area contributed by atoms with Crippen molar-refractivity contribution in [2.24, 2.45) is 0 Å². The van der Waals surface area contributed by atoms with E-state index in [1.54, 1.807) is 5.57 Å². The van der Waals surface area contributed by atoms with Gasteiger partial charge in [0.15, 0.2) is 0 Å². The van der Waals surface area contributed by atoms with Gasteiger partial charge in [0.25, 0.3) is 0 Å². The van der Waals surface area contributed by atoms with Gasteiger partial charge < -0.3 is 37.2 Å². The van der Waals surface area contributed by atoms with E-state index in [0.29, 0.717) is 0 Å². The van der Waals surface area contributed by atoms with Crippen molar-refractivity contribution >= 4 is 0 Å². The summed E-state index contributed by atoms with van der Waals surface area (Å²) in [5, 5.41) is 0. The molecule has 0 aliphatic heterocycles. The molecule has 0 heterocycles. The van der Waals surface area contributed by atoms with E-state index in [4.69, 9.17) is 0 Å². The summed E-state index contributed by atoms with van der Waals surface area (Å²) >= 11 is 2.20. The molecule has 0 atom stereocenters. The zero-order valence-electron chi connectivity index (χ0n) is 7.62. The van der Waals surface area contributed by atoms with Gasteiger partial charge in [0.05, 0.1) is 0 Å². The van der Waals surface area contributed by atoms with Crippen LogP contribution in [0.2, 0.25) is 0 Å².